The Morgan fingerprint density at radius 2 is 1.94 bits per heavy atom. The molecule has 2 N–H and O–H groups in total. The predicted octanol–water partition coefficient (Wildman–Crippen LogP) is 3.85. The van der Waals surface area contributed by atoms with E-state index in [-0.39, 0.29) is 6.04 Å². The van der Waals surface area contributed by atoms with E-state index in [1.54, 1.807) is 11.3 Å². The normalized spacial score (nSPS) is 12.3. The quantitative estimate of drug-likeness (QED) is 0.846. The first-order valence-corrected chi connectivity index (χ1v) is 6.17. The maximum absolute atomic E-state index is 6.15. The van der Waals surface area contributed by atoms with Crippen LogP contribution in [0.15, 0.2) is 54.4 Å². The van der Waals surface area contributed by atoms with Gasteiger partial charge in [-0.2, -0.15) is 0 Å². The second-order valence-electron chi connectivity index (χ2n) is 3.80. The Hall–Kier alpha value is -1.38. The fraction of sp³-hybridized carbons (Fsp3) is 0.143. The lowest BCUT2D eigenvalue weighted by Crippen LogP contribution is -2.10. The van der Waals surface area contributed by atoms with Gasteiger partial charge in [0.25, 0.3) is 0 Å². The van der Waals surface area contributed by atoms with Crippen LogP contribution in [-0.2, 0) is 0 Å². The lowest BCUT2D eigenvalue weighted by molar-refractivity contribution is 0.753. The Bertz CT molecular complexity index is 445. The highest BCUT2D eigenvalue weighted by Crippen LogP contribution is 2.27. The summed E-state index contributed by atoms with van der Waals surface area (Å²) in [5, 5.41) is 2.06. The highest BCUT2D eigenvalue weighted by atomic mass is 32.1. The molecule has 0 aliphatic carbocycles. The topological polar surface area (TPSA) is 26.0 Å². The van der Waals surface area contributed by atoms with Crippen LogP contribution >= 0.6 is 11.3 Å². The zero-order chi connectivity index (χ0) is 11.4. The van der Waals surface area contributed by atoms with Gasteiger partial charge in [-0.05, 0) is 29.0 Å². The van der Waals surface area contributed by atoms with E-state index in [9.17, 15) is 0 Å². The van der Waals surface area contributed by atoms with Gasteiger partial charge in [-0.15, -0.1) is 11.3 Å². The van der Waals surface area contributed by atoms with Crippen molar-refractivity contribution in [3.8, 4) is 0 Å². The van der Waals surface area contributed by atoms with Crippen LogP contribution < -0.4 is 5.73 Å². The lowest BCUT2D eigenvalue weighted by atomic mass is 10.00. The third-order valence-corrected chi connectivity index (χ3v) is 3.54. The van der Waals surface area contributed by atoms with Gasteiger partial charge in [-0.3, -0.25) is 0 Å². The number of hydrogen-bond acceptors (Lipinski definition) is 2. The van der Waals surface area contributed by atoms with Gasteiger partial charge in [0.05, 0.1) is 0 Å². The molecular weight excluding hydrogens is 214 g/mol. The summed E-state index contributed by atoms with van der Waals surface area (Å²) >= 11 is 1.71. The first kappa shape index (κ1) is 11.1. The van der Waals surface area contributed by atoms with Crippen LogP contribution in [0.2, 0.25) is 0 Å². The van der Waals surface area contributed by atoms with E-state index in [1.807, 2.05) is 24.3 Å². The molecule has 2 rings (SSSR count). The first-order chi connectivity index (χ1) is 7.77. The van der Waals surface area contributed by atoms with Crippen LogP contribution in [0.4, 0.5) is 0 Å². The van der Waals surface area contributed by atoms with Crippen LogP contribution in [0.1, 0.15) is 22.9 Å². The summed E-state index contributed by atoms with van der Waals surface area (Å²) in [5.74, 6) is 0. The van der Waals surface area contributed by atoms with Gasteiger partial charge in [0, 0.05) is 10.9 Å². The monoisotopic (exact) mass is 229 g/mol. The number of rotatable bonds is 4. The average Bonchev–Trinajstić information content (AvgIpc) is 2.83. The van der Waals surface area contributed by atoms with Crippen LogP contribution in [0.25, 0.3) is 5.57 Å². The molecule has 0 amide bonds. The molecule has 0 fully saturated rings. The van der Waals surface area contributed by atoms with Crippen LogP contribution in [0, 0.1) is 0 Å². The minimum absolute atomic E-state index is 0.0378. The number of thiophene rings is 1. The van der Waals surface area contributed by atoms with Crippen molar-refractivity contribution >= 4 is 16.9 Å². The summed E-state index contributed by atoms with van der Waals surface area (Å²) in [4.78, 5) is 1.23. The fourth-order valence-electron chi connectivity index (χ4n) is 1.66. The smallest absolute Gasteiger partial charge is 0.0336 e. The van der Waals surface area contributed by atoms with Gasteiger partial charge in [-0.1, -0.05) is 43.0 Å². The van der Waals surface area contributed by atoms with Gasteiger partial charge in [-0.25, -0.2) is 0 Å². The molecule has 16 heavy (non-hydrogen) atoms. The minimum Gasteiger partial charge on any atom is -0.324 e. The summed E-state index contributed by atoms with van der Waals surface area (Å²) in [6.45, 7) is 4.09. The lowest BCUT2D eigenvalue weighted by Gasteiger charge is -2.12. The number of benzene rings is 1. The van der Waals surface area contributed by atoms with Gasteiger partial charge in [0.1, 0.15) is 0 Å². The molecule has 1 nitrogen and oxygen atoms in total. The van der Waals surface area contributed by atoms with Crippen molar-refractivity contribution < 1.29 is 0 Å². The van der Waals surface area contributed by atoms with E-state index in [2.05, 4.69) is 30.2 Å². The van der Waals surface area contributed by atoms with E-state index in [0.29, 0.717) is 0 Å². The molecule has 1 atom stereocenters. The molecule has 1 heterocycles. The molecule has 1 aromatic carbocycles. The van der Waals surface area contributed by atoms with E-state index in [1.165, 1.54) is 10.4 Å². The maximum Gasteiger partial charge on any atom is 0.0336 e. The van der Waals surface area contributed by atoms with Crippen molar-refractivity contribution in [1.29, 1.82) is 0 Å². The molecule has 0 radical (unpaired) electrons. The predicted molar refractivity (Wildman–Crippen MR) is 71.3 cm³/mol. The zero-order valence-electron chi connectivity index (χ0n) is 9.10. The van der Waals surface area contributed by atoms with Crippen molar-refractivity contribution in [2.75, 3.05) is 0 Å². The Morgan fingerprint density at radius 3 is 2.56 bits per heavy atom. The van der Waals surface area contributed by atoms with Crippen LogP contribution in [0.3, 0.4) is 0 Å². The third-order valence-electron chi connectivity index (χ3n) is 2.56. The second kappa shape index (κ2) is 5.10. The molecule has 0 aliphatic rings. The molecule has 1 unspecified atom stereocenters. The molecule has 0 spiro atoms. The van der Waals surface area contributed by atoms with Crippen molar-refractivity contribution in [2.24, 2.45) is 5.73 Å². The molecule has 0 saturated heterocycles. The standard InChI is InChI=1S/C14H15NS/c1-11(14-8-5-9-16-14)10-13(15)12-6-3-2-4-7-12/h2-9,13H,1,10,15H2. The molecule has 2 aromatic rings. The van der Waals surface area contributed by atoms with Gasteiger partial charge in [0.2, 0.25) is 0 Å². The summed E-state index contributed by atoms with van der Waals surface area (Å²) in [6, 6.07) is 14.3. The van der Waals surface area contributed by atoms with Crippen LogP contribution in [-0.4, -0.2) is 0 Å². The average molecular weight is 229 g/mol. The van der Waals surface area contributed by atoms with Gasteiger partial charge >= 0.3 is 0 Å². The molecule has 1 aromatic heterocycles. The van der Waals surface area contributed by atoms with E-state index in [0.717, 1.165) is 12.0 Å². The zero-order valence-corrected chi connectivity index (χ0v) is 9.91. The van der Waals surface area contributed by atoms with Crippen molar-refractivity contribution in [3.63, 3.8) is 0 Å². The highest BCUT2D eigenvalue weighted by Gasteiger charge is 2.08. The van der Waals surface area contributed by atoms with Gasteiger partial charge in [0.15, 0.2) is 0 Å². The van der Waals surface area contributed by atoms with Crippen molar-refractivity contribution in [1.82, 2.24) is 0 Å². The fourth-order valence-corrected chi connectivity index (χ4v) is 2.37. The summed E-state index contributed by atoms with van der Waals surface area (Å²) < 4.78 is 0. The SMILES string of the molecule is C=C(CC(N)c1ccccc1)c1cccs1. The van der Waals surface area contributed by atoms with Gasteiger partial charge < -0.3 is 5.73 Å². The summed E-state index contributed by atoms with van der Waals surface area (Å²) in [6.07, 6.45) is 0.810. The minimum atomic E-state index is 0.0378. The molecule has 0 bridgehead atoms. The highest BCUT2D eigenvalue weighted by molar-refractivity contribution is 7.11. The molecule has 0 aliphatic heterocycles. The Labute approximate surface area is 100 Å². The summed E-state index contributed by atoms with van der Waals surface area (Å²) in [5.41, 5.74) is 8.43. The molecule has 2 heteroatoms. The third kappa shape index (κ3) is 2.60. The Kier molecular flexibility index (Phi) is 3.54. The van der Waals surface area contributed by atoms with E-state index >= 15 is 0 Å². The molecule has 82 valence electrons. The largest absolute Gasteiger partial charge is 0.324 e. The first-order valence-electron chi connectivity index (χ1n) is 5.29. The molecule has 0 saturated carbocycles. The van der Waals surface area contributed by atoms with Crippen molar-refractivity contribution in [2.45, 2.75) is 12.5 Å². The molecular formula is C14H15NS. The van der Waals surface area contributed by atoms with Crippen molar-refractivity contribution in [3.05, 3.63) is 64.9 Å². The summed E-state index contributed by atoms with van der Waals surface area (Å²) in [7, 11) is 0. The van der Waals surface area contributed by atoms with E-state index in [4.69, 9.17) is 5.73 Å². The number of hydrogen-bond donors (Lipinski definition) is 1. The second-order valence-corrected chi connectivity index (χ2v) is 4.75. The Morgan fingerprint density at radius 1 is 1.19 bits per heavy atom. The van der Waals surface area contributed by atoms with Crippen LogP contribution in [0.5, 0.6) is 0 Å². The van der Waals surface area contributed by atoms with E-state index < -0.39 is 0 Å². The Balaban J connectivity index is 2.03. The number of nitrogens with two attached hydrogens (primary N) is 1. The maximum atomic E-state index is 6.15.